The Labute approximate surface area is 332 Å². The molecule has 7 rings (SSSR count). The molecule has 0 amide bonds. The van der Waals surface area contributed by atoms with E-state index in [2.05, 4.69) is 18.0 Å². The van der Waals surface area contributed by atoms with Gasteiger partial charge in [0, 0.05) is 22.9 Å². The highest BCUT2D eigenvalue weighted by Crippen LogP contribution is 2.63. The fraction of sp³-hybridized carbons (Fsp3) is 0.558. The minimum atomic E-state index is -1.64. The van der Waals surface area contributed by atoms with Crippen molar-refractivity contribution in [3.63, 3.8) is 0 Å². The van der Waals surface area contributed by atoms with Crippen LogP contribution in [0.25, 0.3) is 0 Å². The fourth-order valence-electron chi connectivity index (χ4n) is 8.72. The van der Waals surface area contributed by atoms with Crippen LogP contribution < -0.4 is 9.47 Å². The summed E-state index contributed by atoms with van der Waals surface area (Å²) < 4.78 is 49.0. The molecule has 0 radical (unpaired) electrons. The number of rotatable bonds is 11. The lowest BCUT2D eigenvalue weighted by Crippen LogP contribution is -2.67. The molecule has 10 atom stereocenters. The van der Waals surface area contributed by atoms with Gasteiger partial charge in [-0.3, -0.25) is 14.4 Å². The molecule has 2 saturated heterocycles. The molecule has 14 nitrogen and oxygen atoms in total. The van der Waals surface area contributed by atoms with Crippen LogP contribution in [0.4, 0.5) is 0 Å². The van der Waals surface area contributed by atoms with Gasteiger partial charge in [-0.2, -0.15) is 0 Å². The highest BCUT2D eigenvalue weighted by molar-refractivity contribution is 5.91. The number of ether oxygens (including phenoxy) is 8. The Bertz CT molecular complexity index is 1930. The molecule has 0 aromatic heterocycles. The van der Waals surface area contributed by atoms with Crippen LogP contribution in [0.1, 0.15) is 69.4 Å². The summed E-state index contributed by atoms with van der Waals surface area (Å²) in [5.41, 5.74) is 1.81. The second-order valence-electron chi connectivity index (χ2n) is 16.4. The Morgan fingerprint density at radius 3 is 2.07 bits per heavy atom. The van der Waals surface area contributed by atoms with Crippen LogP contribution >= 0.6 is 0 Å². The number of piperidine rings is 1. The van der Waals surface area contributed by atoms with Crippen molar-refractivity contribution in [3.8, 4) is 11.5 Å². The number of hydrogen-bond acceptors (Lipinski definition) is 14. The van der Waals surface area contributed by atoms with Crippen LogP contribution in [0.5, 0.6) is 11.5 Å². The number of carbonyl (C=O) groups excluding carboxylic acids is 5. The monoisotopic (exact) mass is 789 g/mol. The van der Waals surface area contributed by atoms with E-state index in [-0.39, 0.29) is 17.7 Å². The lowest BCUT2D eigenvalue weighted by atomic mass is 9.53. The Kier molecular flexibility index (Phi) is 11.2. The first-order valence-corrected chi connectivity index (χ1v) is 19.6. The summed E-state index contributed by atoms with van der Waals surface area (Å²) in [6.45, 7) is 10.5. The first-order chi connectivity index (χ1) is 27.2. The molecule has 2 aliphatic carbocycles. The molecule has 306 valence electrons. The van der Waals surface area contributed by atoms with E-state index in [1.807, 2.05) is 18.2 Å². The first-order valence-electron chi connectivity index (χ1n) is 19.6. The molecule has 2 aromatic carbocycles. The summed E-state index contributed by atoms with van der Waals surface area (Å²) >= 11 is 0. The average Bonchev–Trinajstić information content (AvgIpc) is 3.54. The molecule has 2 aromatic rings. The fourth-order valence-corrected chi connectivity index (χ4v) is 8.72. The SMILES string of the molecule is COC(=O)[C@H]1O[C@@H](O[C@H]2C=C[C@H]3[C@H]4Cc5ccc(OC(=O)c6ccccc6)c6c5[C@@]3(CCN4C)[C@H]2O6)[C@H](OC(=O)C(C)C)[C@@H](OC(=O)C(C)C)[C@@H]1OC(=O)C(C)C. The van der Waals surface area contributed by atoms with Crippen LogP contribution in [-0.4, -0.2) is 104 Å². The van der Waals surface area contributed by atoms with Gasteiger partial charge in [-0.15, -0.1) is 0 Å². The Morgan fingerprint density at radius 1 is 0.807 bits per heavy atom. The van der Waals surface area contributed by atoms with Gasteiger partial charge >= 0.3 is 29.8 Å². The third kappa shape index (κ3) is 7.20. The summed E-state index contributed by atoms with van der Waals surface area (Å²) in [6.07, 6.45) is -3.94. The second-order valence-corrected chi connectivity index (χ2v) is 16.4. The van der Waals surface area contributed by atoms with E-state index in [1.54, 1.807) is 71.9 Å². The molecule has 2 bridgehead atoms. The van der Waals surface area contributed by atoms with Crippen molar-refractivity contribution < 1.29 is 61.9 Å². The second kappa shape index (κ2) is 15.9. The van der Waals surface area contributed by atoms with E-state index in [4.69, 9.17) is 37.9 Å². The standard InChI is InChI=1S/C43H51NO13/c1-21(2)37(45)54-32-33(55-38(46)22(3)4)35(56-39(47)23(5)6)42(57-34(32)41(49)50-8)52-29-17-15-26-27-20-25-14-16-28(51-40(48)24-12-10-9-11-13-24)31-30(25)43(26,36(29)53-31)18-19-44(27)7/h9-17,21-23,26-27,29,32-36,42H,18-20H2,1-8H3/t26-,27+,29-,32-,33-,34-,35+,36-,42+,43-/m0/s1. The van der Waals surface area contributed by atoms with Gasteiger partial charge in [0.2, 0.25) is 6.29 Å². The Hall–Kier alpha value is -4.79. The predicted octanol–water partition coefficient (Wildman–Crippen LogP) is 4.34. The van der Waals surface area contributed by atoms with E-state index in [1.165, 1.54) is 0 Å². The lowest BCUT2D eigenvalue weighted by molar-refractivity contribution is -0.314. The summed E-state index contributed by atoms with van der Waals surface area (Å²) in [6, 6.07) is 12.6. The van der Waals surface area contributed by atoms with Gasteiger partial charge in [-0.25, -0.2) is 9.59 Å². The van der Waals surface area contributed by atoms with Gasteiger partial charge in [0.15, 0.2) is 35.9 Å². The van der Waals surface area contributed by atoms with Crippen molar-refractivity contribution in [1.82, 2.24) is 4.90 Å². The van der Waals surface area contributed by atoms with Crippen molar-refractivity contribution in [2.24, 2.45) is 23.7 Å². The van der Waals surface area contributed by atoms with E-state index >= 15 is 0 Å². The van der Waals surface area contributed by atoms with Gasteiger partial charge in [-0.05, 0) is 50.2 Å². The maximum absolute atomic E-state index is 13.5. The number of benzene rings is 2. The highest BCUT2D eigenvalue weighted by Gasteiger charge is 2.66. The molecular weight excluding hydrogens is 738 g/mol. The molecule has 2 fully saturated rings. The summed E-state index contributed by atoms with van der Waals surface area (Å²) in [7, 11) is 3.26. The largest absolute Gasteiger partial charge is 0.482 e. The molecule has 0 N–H and O–H groups in total. The van der Waals surface area contributed by atoms with Gasteiger partial charge in [-0.1, -0.05) is 78.0 Å². The maximum Gasteiger partial charge on any atom is 0.343 e. The van der Waals surface area contributed by atoms with Crippen molar-refractivity contribution in [2.75, 3.05) is 20.7 Å². The topological polar surface area (TPSA) is 162 Å². The van der Waals surface area contributed by atoms with Gasteiger partial charge in [0.05, 0.1) is 30.4 Å². The summed E-state index contributed by atoms with van der Waals surface area (Å²) in [4.78, 5) is 68.9. The molecular formula is C43H51NO13. The quantitative estimate of drug-likeness (QED) is 0.137. The molecule has 5 aliphatic rings. The molecule has 3 aliphatic heterocycles. The van der Waals surface area contributed by atoms with Crippen LogP contribution in [0.15, 0.2) is 54.6 Å². The number of likely N-dealkylation sites (N-methyl/N-ethyl adjacent to an activating group) is 1. The maximum atomic E-state index is 13.5. The number of methoxy groups -OCH3 is 1. The molecule has 1 spiro atoms. The van der Waals surface area contributed by atoms with Crippen molar-refractivity contribution in [2.45, 2.75) is 109 Å². The van der Waals surface area contributed by atoms with Crippen LogP contribution in [-0.2, 0) is 59.4 Å². The number of esters is 5. The molecule has 3 heterocycles. The van der Waals surface area contributed by atoms with Crippen LogP contribution in [0.2, 0.25) is 0 Å². The minimum absolute atomic E-state index is 0.000783. The zero-order valence-electron chi connectivity index (χ0n) is 33.5. The third-order valence-electron chi connectivity index (χ3n) is 11.7. The molecule has 14 heteroatoms. The first kappa shape index (κ1) is 40.4. The minimum Gasteiger partial charge on any atom is -0.482 e. The van der Waals surface area contributed by atoms with Crippen LogP contribution in [0.3, 0.4) is 0 Å². The smallest absolute Gasteiger partial charge is 0.343 e. The van der Waals surface area contributed by atoms with Gasteiger partial charge in [0.1, 0.15) is 12.2 Å². The van der Waals surface area contributed by atoms with Crippen molar-refractivity contribution >= 4 is 29.8 Å². The van der Waals surface area contributed by atoms with Crippen LogP contribution in [0, 0.1) is 23.7 Å². The van der Waals surface area contributed by atoms with Gasteiger partial charge in [0.25, 0.3) is 0 Å². The number of hydrogen-bond donors (Lipinski definition) is 0. The van der Waals surface area contributed by atoms with E-state index < -0.39 is 95.9 Å². The molecule has 0 saturated carbocycles. The molecule has 0 unspecified atom stereocenters. The number of nitrogens with zero attached hydrogens (tertiary/aromatic N) is 1. The number of carbonyl (C=O) groups is 5. The van der Waals surface area contributed by atoms with Crippen molar-refractivity contribution in [3.05, 3.63) is 71.3 Å². The summed E-state index contributed by atoms with van der Waals surface area (Å²) in [5, 5.41) is 0. The normalized spacial score (nSPS) is 31.0. The third-order valence-corrected chi connectivity index (χ3v) is 11.7. The predicted molar refractivity (Wildman–Crippen MR) is 201 cm³/mol. The summed E-state index contributed by atoms with van der Waals surface area (Å²) in [5.74, 6) is -4.70. The van der Waals surface area contributed by atoms with E-state index in [0.29, 0.717) is 17.7 Å². The Morgan fingerprint density at radius 2 is 1.44 bits per heavy atom. The molecule has 57 heavy (non-hydrogen) atoms. The van der Waals surface area contributed by atoms with Crippen molar-refractivity contribution in [1.29, 1.82) is 0 Å². The zero-order chi connectivity index (χ0) is 40.9. The van der Waals surface area contributed by atoms with Gasteiger partial charge < -0.3 is 42.8 Å². The zero-order valence-corrected chi connectivity index (χ0v) is 33.5. The number of likely N-dealkylation sites (tertiary alicyclic amines) is 1. The van der Waals surface area contributed by atoms with E-state index in [9.17, 15) is 24.0 Å². The van der Waals surface area contributed by atoms with E-state index in [0.717, 1.165) is 31.2 Å². The average molecular weight is 790 g/mol. The lowest BCUT2D eigenvalue weighted by Gasteiger charge is -2.57. The Balaban J connectivity index is 1.30. The highest BCUT2D eigenvalue weighted by atomic mass is 16.7.